The van der Waals surface area contributed by atoms with E-state index in [2.05, 4.69) is 10.3 Å². The summed E-state index contributed by atoms with van der Waals surface area (Å²) in [6.07, 6.45) is 1.80. The minimum Gasteiger partial charge on any atom is -0.369 e. The summed E-state index contributed by atoms with van der Waals surface area (Å²) in [5.41, 5.74) is 7.41. The van der Waals surface area contributed by atoms with E-state index in [1.54, 1.807) is 0 Å². The van der Waals surface area contributed by atoms with Crippen LogP contribution in [0.4, 0.5) is 0 Å². The van der Waals surface area contributed by atoms with Crippen molar-refractivity contribution in [1.29, 1.82) is 0 Å². The van der Waals surface area contributed by atoms with E-state index in [1.165, 1.54) is 0 Å². The number of amides is 2. The number of nitrogens with one attached hydrogen (secondary N) is 1. The lowest BCUT2D eigenvalue weighted by Gasteiger charge is -2.32. The van der Waals surface area contributed by atoms with Crippen molar-refractivity contribution < 1.29 is 9.59 Å². The zero-order valence-corrected chi connectivity index (χ0v) is 9.61. The highest BCUT2D eigenvalue weighted by molar-refractivity contribution is 5.78. The molecule has 2 unspecified atom stereocenters. The van der Waals surface area contributed by atoms with E-state index < -0.39 is 0 Å². The number of hydrogen-bond acceptors (Lipinski definition) is 4. The van der Waals surface area contributed by atoms with Gasteiger partial charge in [0.2, 0.25) is 11.8 Å². The van der Waals surface area contributed by atoms with Gasteiger partial charge in [0.05, 0.1) is 5.92 Å². The average Bonchev–Trinajstić information content (AvgIpc) is 2.28. The van der Waals surface area contributed by atoms with Crippen molar-refractivity contribution in [2.45, 2.75) is 19.8 Å². The fourth-order valence-electron chi connectivity index (χ4n) is 2.07. The van der Waals surface area contributed by atoms with Crippen LogP contribution < -0.4 is 17.0 Å². The molecule has 0 aromatic rings. The third kappa shape index (κ3) is 3.46. The van der Waals surface area contributed by atoms with Gasteiger partial charge in [-0.3, -0.25) is 15.0 Å². The Hall–Kier alpha value is -1.14. The van der Waals surface area contributed by atoms with Crippen LogP contribution in [-0.2, 0) is 9.59 Å². The number of carbonyl (C=O) groups excluding carboxylic acids is 2. The molecular weight excluding hydrogens is 208 g/mol. The number of hydrazine groups is 1. The van der Waals surface area contributed by atoms with Crippen LogP contribution in [0.1, 0.15) is 19.8 Å². The summed E-state index contributed by atoms with van der Waals surface area (Å²) in [6.45, 7) is 3.99. The van der Waals surface area contributed by atoms with Crippen molar-refractivity contribution in [3.8, 4) is 0 Å². The van der Waals surface area contributed by atoms with E-state index >= 15 is 0 Å². The molecule has 6 nitrogen and oxygen atoms in total. The Balaban J connectivity index is 2.42. The number of nitrogens with two attached hydrogens (primary N) is 2. The molecule has 1 aliphatic rings. The third-order valence-electron chi connectivity index (χ3n) is 3.03. The topological polar surface area (TPSA) is 101 Å². The Morgan fingerprint density at radius 2 is 2.25 bits per heavy atom. The molecule has 1 aliphatic heterocycles. The number of hydrogen-bond donors (Lipinski definition) is 3. The maximum absolute atomic E-state index is 11.2. The number of rotatable bonds is 4. The zero-order valence-electron chi connectivity index (χ0n) is 9.61. The molecule has 1 fully saturated rings. The van der Waals surface area contributed by atoms with Crippen LogP contribution in [0.25, 0.3) is 0 Å². The van der Waals surface area contributed by atoms with Crippen LogP contribution in [0, 0.1) is 11.8 Å². The van der Waals surface area contributed by atoms with E-state index in [-0.39, 0.29) is 23.7 Å². The lowest BCUT2D eigenvalue weighted by molar-refractivity contribution is -0.125. The predicted octanol–water partition coefficient (Wildman–Crippen LogP) is -1.19. The molecule has 6 heteroatoms. The van der Waals surface area contributed by atoms with Gasteiger partial charge in [-0.05, 0) is 19.4 Å². The third-order valence-corrected chi connectivity index (χ3v) is 3.03. The minimum atomic E-state index is -0.249. The van der Waals surface area contributed by atoms with Crippen molar-refractivity contribution >= 4 is 11.8 Å². The molecule has 0 aliphatic carbocycles. The first kappa shape index (κ1) is 12.9. The maximum atomic E-state index is 11.2. The molecule has 1 rings (SSSR count). The molecule has 0 aromatic carbocycles. The number of nitrogens with zero attached hydrogens (tertiary/aromatic N) is 1. The van der Waals surface area contributed by atoms with Crippen LogP contribution in [0.2, 0.25) is 0 Å². The number of likely N-dealkylation sites (tertiary alicyclic amines) is 1. The molecule has 5 N–H and O–H groups in total. The van der Waals surface area contributed by atoms with Crippen LogP contribution >= 0.6 is 0 Å². The number of carbonyl (C=O) groups is 2. The number of primary amides is 1. The van der Waals surface area contributed by atoms with Gasteiger partial charge in [-0.2, -0.15) is 0 Å². The van der Waals surface area contributed by atoms with Gasteiger partial charge in [-0.15, -0.1) is 0 Å². The van der Waals surface area contributed by atoms with Gasteiger partial charge < -0.3 is 10.6 Å². The van der Waals surface area contributed by atoms with Crippen molar-refractivity contribution in [1.82, 2.24) is 10.3 Å². The molecule has 0 bridgehead atoms. The minimum absolute atomic E-state index is 0.0816. The van der Waals surface area contributed by atoms with Gasteiger partial charge in [-0.1, -0.05) is 6.92 Å². The molecule has 2 amide bonds. The maximum Gasteiger partial charge on any atom is 0.237 e. The van der Waals surface area contributed by atoms with Crippen LogP contribution in [0.3, 0.4) is 0 Å². The van der Waals surface area contributed by atoms with Crippen molar-refractivity contribution in [2.75, 3.05) is 19.6 Å². The molecule has 1 heterocycles. The monoisotopic (exact) mass is 228 g/mol. The normalized spacial score (nSPS) is 23.8. The van der Waals surface area contributed by atoms with Crippen LogP contribution in [-0.4, -0.2) is 36.3 Å². The highest BCUT2D eigenvalue weighted by atomic mass is 16.2. The molecule has 2 atom stereocenters. The van der Waals surface area contributed by atoms with Crippen molar-refractivity contribution in [2.24, 2.45) is 23.4 Å². The second-order valence-corrected chi connectivity index (χ2v) is 4.41. The second kappa shape index (κ2) is 5.81. The first-order chi connectivity index (χ1) is 7.54. The predicted molar refractivity (Wildman–Crippen MR) is 59.9 cm³/mol. The van der Waals surface area contributed by atoms with Gasteiger partial charge in [0.15, 0.2) is 0 Å². The molecule has 16 heavy (non-hydrogen) atoms. The van der Waals surface area contributed by atoms with Gasteiger partial charge in [-0.25, -0.2) is 5.84 Å². The second-order valence-electron chi connectivity index (χ2n) is 4.41. The Morgan fingerprint density at radius 1 is 1.56 bits per heavy atom. The van der Waals surface area contributed by atoms with E-state index in [1.807, 2.05) is 6.92 Å². The zero-order chi connectivity index (χ0) is 12.1. The standard InChI is InChI=1S/C10H20N4O2/c1-7(10(16)13-12)5-14-4-2-3-8(6-14)9(11)15/h7-8H,2-6,12H2,1H3,(H2,11,15)(H,13,16). The summed E-state index contributed by atoms with van der Waals surface area (Å²) < 4.78 is 0. The van der Waals surface area contributed by atoms with Gasteiger partial charge in [0.1, 0.15) is 0 Å². The van der Waals surface area contributed by atoms with E-state index in [4.69, 9.17) is 11.6 Å². The highest BCUT2D eigenvalue weighted by Crippen LogP contribution is 2.17. The summed E-state index contributed by atoms with van der Waals surface area (Å²) >= 11 is 0. The van der Waals surface area contributed by atoms with Crippen molar-refractivity contribution in [3.63, 3.8) is 0 Å². The lowest BCUT2D eigenvalue weighted by Crippen LogP contribution is -2.46. The number of piperidine rings is 1. The summed E-state index contributed by atoms with van der Waals surface area (Å²) in [4.78, 5) is 24.4. The summed E-state index contributed by atoms with van der Waals surface area (Å²) in [5, 5.41) is 0. The van der Waals surface area contributed by atoms with E-state index in [9.17, 15) is 9.59 Å². The molecule has 1 saturated heterocycles. The molecule has 0 aromatic heterocycles. The van der Waals surface area contributed by atoms with Crippen molar-refractivity contribution in [3.05, 3.63) is 0 Å². The smallest absolute Gasteiger partial charge is 0.237 e. The largest absolute Gasteiger partial charge is 0.369 e. The fraction of sp³-hybridized carbons (Fsp3) is 0.800. The summed E-state index contributed by atoms with van der Waals surface area (Å²) in [6, 6.07) is 0. The Bertz CT molecular complexity index is 270. The summed E-state index contributed by atoms with van der Waals surface area (Å²) in [5.74, 6) is 4.38. The first-order valence-electron chi connectivity index (χ1n) is 5.56. The van der Waals surface area contributed by atoms with Gasteiger partial charge >= 0.3 is 0 Å². The lowest BCUT2D eigenvalue weighted by atomic mass is 9.96. The van der Waals surface area contributed by atoms with Crippen LogP contribution in [0.5, 0.6) is 0 Å². The van der Waals surface area contributed by atoms with E-state index in [0.29, 0.717) is 13.1 Å². The summed E-state index contributed by atoms with van der Waals surface area (Å²) in [7, 11) is 0. The Morgan fingerprint density at radius 3 is 2.81 bits per heavy atom. The van der Waals surface area contributed by atoms with Gasteiger partial charge in [0.25, 0.3) is 0 Å². The Labute approximate surface area is 95.3 Å². The SMILES string of the molecule is CC(CN1CCCC(C(N)=O)C1)C(=O)NN. The highest BCUT2D eigenvalue weighted by Gasteiger charge is 2.25. The molecule has 0 radical (unpaired) electrons. The quantitative estimate of drug-likeness (QED) is 0.320. The molecular formula is C10H20N4O2. The molecule has 0 spiro atoms. The van der Waals surface area contributed by atoms with Gasteiger partial charge in [0, 0.05) is 19.0 Å². The van der Waals surface area contributed by atoms with E-state index in [0.717, 1.165) is 19.4 Å². The first-order valence-corrected chi connectivity index (χ1v) is 5.56. The molecule has 0 saturated carbocycles. The van der Waals surface area contributed by atoms with Crippen LogP contribution in [0.15, 0.2) is 0 Å². The Kier molecular flexibility index (Phi) is 4.70. The fourth-order valence-corrected chi connectivity index (χ4v) is 2.07. The molecule has 92 valence electrons. The average molecular weight is 228 g/mol.